The molecule has 0 saturated carbocycles. The fourth-order valence-electron chi connectivity index (χ4n) is 1.66. The van der Waals surface area contributed by atoms with Crippen molar-refractivity contribution in [1.29, 1.82) is 0 Å². The van der Waals surface area contributed by atoms with Gasteiger partial charge in [-0.25, -0.2) is 0 Å². The maximum Gasteiger partial charge on any atom is 0.303 e. The molecule has 1 aromatic rings. The number of carboxylic acid groups (broad SMARTS) is 1. The Morgan fingerprint density at radius 3 is 2.35 bits per heavy atom. The number of carboxylic acids is 1. The standard InChI is InChI=1S/C13H20N2O4S/c1-4-15(3)20(18,19)14-12-7-5-11(6-8-12)10(2)9-13(16)17/h5-8,10,14H,4,9H2,1-3H3,(H,16,17). The van der Waals surface area contributed by atoms with E-state index in [1.165, 1.54) is 11.4 Å². The smallest absolute Gasteiger partial charge is 0.303 e. The molecule has 1 rings (SSSR count). The molecular formula is C13H20N2O4S. The molecule has 0 heterocycles. The zero-order valence-electron chi connectivity index (χ0n) is 11.8. The van der Waals surface area contributed by atoms with E-state index in [1.807, 2.05) is 6.92 Å². The molecule has 0 amide bonds. The average Bonchev–Trinajstić information content (AvgIpc) is 2.37. The molecule has 1 atom stereocenters. The molecule has 2 N–H and O–H groups in total. The van der Waals surface area contributed by atoms with Gasteiger partial charge in [-0.3, -0.25) is 9.52 Å². The second-order valence-electron chi connectivity index (χ2n) is 4.64. The molecule has 0 fully saturated rings. The highest BCUT2D eigenvalue weighted by molar-refractivity contribution is 7.90. The Morgan fingerprint density at radius 1 is 1.35 bits per heavy atom. The van der Waals surface area contributed by atoms with Gasteiger partial charge in [0.15, 0.2) is 0 Å². The van der Waals surface area contributed by atoms with Gasteiger partial charge in [0.25, 0.3) is 0 Å². The summed E-state index contributed by atoms with van der Waals surface area (Å²) < 4.78 is 27.3. The van der Waals surface area contributed by atoms with E-state index in [0.29, 0.717) is 12.2 Å². The fraction of sp³-hybridized carbons (Fsp3) is 0.462. The number of carbonyl (C=O) groups is 1. The lowest BCUT2D eigenvalue weighted by atomic mass is 9.98. The fourth-order valence-corrected chi connectivity index (χ4v) is 2.59. The molecule has 0 bridgehead atoms. The average molecular weight is 300 g/mol. The number of nitrogens with one attached hydrogen (secondary N) is 1. The number of hydrogen-bond donors (Lipinski definition) is 2. The van der Waals surface area contributed by atoms with Crippen molar-refractivity contribution in [2.24, 2.45) is 0 Å². The molecule has 0 aromatic heterocycles. The monoisotopic (exact) mass is 300 g/mol. The van der Waals surface area contributed by atoms with E-state index in [0.717, 1.165) is 5.56 Å². The number of aliphatic carboxylic acids is 1. The highest BCUT2D eigenvalue weighted by Gasteiger charge is 2.16. The number of hydrogen-bond acceptors (Lipinski definition) is 3. The van der Waals surface area contributed by atoms with Gasteiger partial charge in [0.2, 0.25) is 0 Å². The molecule has 112 valence electrons. The van der Waals surface area contributed by atoms with Crippen molar-refractivity contribution in [2.45, 2.75) is 26.2 Å². The Morgan fingerprint density at radius 2 is 1.90 bits per heavy atom. The van der Waals surface area contributed by atoms with Crippen LogP contribution in [-0.4, -0.2) is 37.4 Å². The first kappa shape index (κ1) is 16.5. The Bertz CT molecular complexity index is 554. The largest absolute Gasteiger partial charge is 0.481 e. The third-order valence-corrected chi connectivity index (χ3v) is 4.64. The van der Waals surface area contributed by atoms with E-state index >= 15 is 0 Å². The first-order chi connectivity index (χ1) is 9.26. The zero-order chi connectivity index (χ0) is 15.3. The van der Waals surface area contributed by atoms with Crippen LogP contribution in [-0.2, 0) is 15.0 Å². The minimum absolute atomic E-state index is 0.0453. The Balaban J connectivity index is 2.79. The Kier molecular flexibility index (Phi) is 5.52. The van der Waals surface area contributed by atoms with Crippen LogP contribution in [0, 0.1) is 0 Å². The summed E-state index contributed by atoms with van der Waals surface area (Å²) in [6, 6.07) is 6.73. The van der Waals surface area contributed by atoms with E-state index in [-0.39, 0.29) is 12.3 Å². The van der Waals surface area contributed by atoms with Crippen molar-refractivity contribution in [3.63, 3.8) is 0 Å². The van der Waals surface area contributed by atoms with Crippen LogP contribution in [0.2, 0.25) is 0 Å². The number of rotatable bonds is 7. The number of benzene rings is 1. The van der Waals surface area contributed by atoms with Gasteiger partial charge in [-0.15, -0.1) is 0 Å². The van der Waals surface area contributed by atoms with E-state index in [1.54, 1.807) is 31.2 Å². The predicted octanol–water partition coefficient (Wildman–Crippen LogP) is 1.87. The summed E-state index contributed by atoms with van der Waals surface area (Å²) in [7, 11) is -2.03. The van der Waals surface area contributed by atoms with Gasteiger partial charge in [0.1, 0.15) is 0 Å². The first-order valence-electron chi connectivity index (χ1n) is 6.32. The van der Waals surface area contributed by atoms with Gasteiger partial charge < -0.3 is 5.11 Å². The minimum atomic E-state index is -3.53. The van der Waals surface area contributed by atoms with E-state index in [9.17, 15) is 13.2 Å². The van der Waals surface area contributed by atoms with E-state index in [2.05, 4.69) is 4.72 Å². The van der Waals surface area contributed by atoms with Crippen LogP contribution in [0.4, 0.5) is 5.69 Å². The number of anilines is 1. The molecule has 1 aromatic carbocycles. The van der Waals surface area contributed by atoms with Crippen LogP contribution in [0.15, 0.2) is 24.3 Å². The quantitative estimate of drug-likeness (QED) is 0.805. The predicted molar refractivity (Wildman–Crippen MR) is 78.0 cm³/mol. The van der Waals surface area contributed by atoms with Crippen molar-refractivity contribution in [3.8, 4) is 0 Å². The summed E-state index contributed by atoms with van der Waals surface area (Å²) in [6.45, 7) is 3.94. The van der Waals surface area contributed by atoms with Gasteiger partial charge in [0.05, 0.1) is 6.42 Å². The van der Waals surface area contributed by atoms with Crippen LogP contribution in [0.1, 0.15) is 31.7 Å². The maximum absolute atomic E-state index is 11.8. The SMILES string of the molecule is CCN(C)S(=O)(=O)Nc1ccc(C(C)CC(=O)O)cc1. The van der Waals surface area contributed by atoms with Crippen LogP contribution in [0.5, 0.6) is 0 Å². The van der Waals surface area contributed by atoms with Gasteiger partial charge in [-0.05, 0) is 23.6 Å². The second kappa shape index (κ2) is 6.71. The van der Waals surface area contributed by atoms with Gasteiger partial charge >= 0.3 is 16.2 Å². The molecule has 0 aliphatic heterocycles. The molecule has 0 spiro atoms. The molecule has 0 radical (unpaired) electrons. The molecule has 1 unspecified atom stereocenters. The molecule has 7 heteroatoms. The maximum atomic E-state index is 11.8. The normalized spacial score (nSPS) is 13.2. The van der Waals surface area contributed by atoms with Crippen LogP contribution >= 0.6 is 0 Å². The van der Waals surface area contributed by atoms with E-state index < -0.39 is 16.2 Å². The summed E-state index contributed by atoms with van der Waals surface area (Å²) in [5.74, 6) is -0.969. The van der Waals surface area contributed by atoms with Gasteiger partial charge in [0, 0.05) is 19.3 Å². The Labute approximate surface area is 119 Å². The molecule has 20 heavy (non-hydrogen) atoms. The molecule has 0 aliphatic carbocycles. The lowest BCUT2D eigenvalue weighted by Crippen LogP contribution is -2.32. The van der Waals surface area contributed by atoms with Crippen molar-refractivity contribution in [1.82, 2.24) is 4.31 Å². The van der Waals surface area contributed by atoms with Crippen molar-refractivity contribution in [3.05, 3.63) is 29.8 Å². The third kappa shape index (κ3) is 4.50. The summed E-state index contributed by atoms with van der Waals surface area (Å²) in [5.41, 5.74) is 1.32. The molecule has 0 aliphatic rings. The Hall–Kier alpha value is -1.60. The first-order valence-corrected chi connectivity index (χ1v) is 7.76. The molecule has 6 nitrogen and oxygen atoms in total. The highest BCUT2D eigenvalue weighted by atomic mass is 32.2. The van der Waals surface area contributed by atoms with Crippen molar-refractivity contribution in [2.75, 3.05) is 18.3 Å². The third-order valence-electron chi connectivity index (χ3n) is 3.06. The lowest BCUT2D eigenvalue weighted by molar-refractivity contribution is -0.137. The van der Waals surface area contributed by atoms with Crippen LogP contribution < -0.4 is 4.72 Å². The summed E-state index contributed by atoms with van der Waals surface area (Å²) in [6.07, 6.45) is 0.0453. The van der Waals surface area contributed by atoms with Crippen LogP contribution in [0.3, 0.4) is 0 Å². The van der Waals surface area contributed by atoms with Crippen molar-refractivity contribution >= 4 is 21.9 Å². The second-order valence-corrected chi connectivity index (χ2v) is 6.42. The highest BCUT2D eigenvalue weighted by Crippen LogP contribution is 2.21. The number of nitrogens with zero attached hydrogens (tertiary/aromatic N) is 1. The minimum Gasteiger partial charge on any atom is -0.481 e. The summed E-state index contributed by atoms with van der Waals surface area (Å²) in [4.78, 5) is 10.6. The lowest BCUT2D eigenvalue weighted by Gasteiger charge is -2.17. The van der Waals surface area contributed by atoms with E-state index in [4.69, 9.17) is 5.11 Å². The van der Waals surface area contributed by atoms with Gasteiger partial charge in [-0.1, -0.05) is 26.0 Å². The zero-order valence-corrected chi connectivity index (χ0v) is 12.6. The van der Waals surface area contributed by atoms with Crippen LogP contribution in [0.25, 0.3) is 0 Å². The van der Waals surface area contributed by atoms with Gasteiger partial charge in [-0.2, -0.15) is 12.7 Å². The molecule has 0 saturated heterocycles. The summed E-state index contributed by atoms with van der Waals surface area (Å²) >= 11 is 0. The topological polar surface area (TPSA) is 86.7 Å². The summed E-state index contributed by atoms with van der Waals surface area (Å²) in [5, 5.41) is 8.74. The molecular weight excluding hydrogens is 280 g/mol. The van der Waals surface area contributed by atoms with Crippen molar-refractivity contribution < 1.29 is 18.3 Å².